The number of hydrogen-bond acceptors (Lipinski definition) is 3. The molecule has 0 radical (unpaired) electrons. The lowest BCUT2D eigenvalue weighted by Gasteiger charge is -2.30. The first-order chi connectivity index (χ1) is 48.0. The summed E-state index contributed by atoms with van der Waals surface area (Å²) in [6.45, 7) is 0. The molecule has 1 heterocycles. The summed E-state index contributed by atoms with van der Waals surface area (Å²) >= 11 is 0. The predicted molar refractivity (Wildman–Crippen MR) is 401 cm³/mol. The van der Waals surface area contributed by atoms with Gasteiger partial charge in [0.15, 0.2) is 17.5 Å². The van der Waals surface area contributed by atoms with Crippen LogP contribution in [-0.2, 0) is 5.41 Å². The molecule has 1 aromatic heterocycles. The zero-order valence-electron chi connectivity index (χ0n) is 53.1. The molecular weight excluding hydrogens is 1170 g/mol. The molecule has 452 valence electrons. The van der Waals surface area contributed by atoms with Crippen molar-refractivity contribution in [3.63, 3.8) is 0 Å². The average molecular weight is 1230 g/mol. The lowest BCUT2D eigenvalue weighted by molar-refractivity contribution is 0.794. The Hall–Kier alpha value is -12.7. The van der Waals surface area contributed by atoms with Crippen molar-refractivity contribution in [3.8, 4) is 157 Å². The molecule has 15 aromatic carbocycles. The maximum Gasteiger partial charge on any atom is 0.164 e. The molecule has 0 unspecified atom stereocenters. The van der Waals surface area contributed by atoms with E-state index in [1.165, 1.54) is 83.5 Å². The van der Waals surface area contributed by atoms with Crippen molar-refractivity contribution in [2.24, 2.45) is 0 Å². The third-order valence-electron chi connectivity index (χ3n) is 19.7. The van der Waals surface area contributed by atoms with E-state index in [1.54, 1.807) is 0 Å². The summed E-state index contributed by atoms with van der Waals surface area (Å²) in [6, 6.07) is 134. The molecule has 16 aromatic rings. The summed E-state index contributed by atoms with van der Waals surface area (Å²) in [4.78, 5) is 16.0. The monoisotopic (exact) mass is 1230 g/mol. The van der Waals surface area contributed by atoms with Crippen LogP contribution in [0.1, 0.15) is 22.3 Å². The maximum absolute atomic E-state index is 5.36. The van der Waals surface area contributed by atoms with Crippen LogP contribution in [0.3, 0.4) is 0 Å². The Morgan fingerprint density at radius 3 is 0.670 bits per heavy atom. The van der Waals surface area contributed by atoms with Crippen LogP contribution in [0.4, 0.5) is 0 Å². The van der Waals surface area contributed by atoms with Crippen LogP contribution < -0.4 is 0 Å². The molecule has 0 saturated carbocycles. The van der Waals surface area contributed by atoms with Gasteiger partial charge in [0, 0.05) is 16.7 Å². The van der Waals surface area contributed by atoms with Crippen molar-refractivity contribution in [1.82, 2.24) is 15.0 Å². The highest BCUT2D eigenvalue weighted by Gasteiger charge is 2.51. The average Bonchev–Trinajstić information content (AvgIpc) is 1.51. The fourth-order valence-corrected chi connectivity index (χ4v) is 15.1. The fraction of sp³-hybridized carbons (Fsp3) is 0.0106. The van der Waals surface area contributed by atoms with E-state index in [2.05, 4.69) is 370 Å². The lowest BCUT2D eigenvalue weighted by atomic mass is 9.70. The molecule has 3 heteroatoms. The molecule has 2 aliphatic rings. The van der Waals surface area contributed by atoms with E-state index in [9.17, 15) is 0 Å². The number of aromatic nitrogens is 3. The molecule has 0 aliphatic heterocycles. The lowest BCUT2D eigenvalue weighted by Crippen LogP contribution is -2.25. The highest BCUT2D eigenvalue weighted by Crippen LogP contribution is 2.63. The van der Waals surface area contributed by atoms with E-state index in [0.29, 0.717) is 17.5 Å². The van der Waals surface area contributed by atoms with Gasteiger partial charge in [0.05, 0.1) is 5.41 Å². The summed E-state index contributed by atoms with van der Waals surface area (Å²) in [5.41, 5.74) is 33.5. The van der Waals surface area contributed by atoms with Crippen LogP contribution in [-0.4, -0.2) is 15.0 Å². The molecular formula is C94H61N3. The predicted octanol–water partition coefficient (Wildman–Crippen LogP) is 24.2. The second-order valence-corrected chi connectivity index (χ2v) is 25.4. The molecule has 0 fully saturated rings. The van der Waals surface area contributed by atoms with Gasteiger partial charge in [-0.15, -0.1) is 0 Å². The summed E-state index contributed by atoms with van der Waals surface area (Å²) < 4.78 is 0. The SMILES string of the molecule is c1ccc(-c2cccc(-c3cccc(-c4ccc(-c5nc(-c6cccc(-c7cccc(-c8cccc(-c9ccccc9)c8)c7)c6)nc(-c6cccc(-c7cccc(-c8cccc(-c9ccc%10c(c9)C9(c%11ccccc%11-c%11ccccc%119)c9ccccc9-%10)c8)c7)c6)n5)cc4)c3)c2)cc1. The normalized spacial score (nSPS) is 12.2. The molecule has 1 spiro atoms. The first-order valence-electron chi connectivity index (χ1n) is 33.3. The van der Waals surface area contributed by atoms with Gasteiger partial charge in [0.2, 0.25) is 0 Å². The second-order valence-electron chi connectivity index (χ2n) is 25.4. The van der Waals surface area contributed by atoms with E-state index in [1.807, 2.05) is 0 Å². The minimum absolute atomic E-state index is 0.409. The Labute approximate surface area is 565 Å². The van der Waals surface area contributed by atoms with Gasteiger partial charge in [-0.3, -0.25) is 0 Å². The van der Waals surface area contributed by atoms with Crippen LogP contribution in [0.5, 0.6) is 0 Å². The molecule has 0 bridgehead atoms. The Balaban J connectivity index is 0.688. The van der Waals surface area contributed by atoms with Crippen LogP contribution >= 0.6 is 0 Å². The topological polar surface area (TPSA) is 38.7 Å². The number of rotatable bonds is 12. The van der Waals surface area contributed by atoms with E-state index in [-0.39, 0.29) is 0 Å². The third kappa shape index (κ3) is 10.3. The van der Waals surface area contributed by atoms with Crippen molar-refractivity contribution < 1.29 is 0 Å². The van der Waals surface area contributed by atoms with Gasteiger partial charge in [-0.1, -0.05) is 315 Å². The van der Waals surface area contributed by atoms with Gasteiger partial charge in [-0.05, 0) is 199 Å². The fourth-order valence-electron chi connectivity index (χ4n) is 15.1. The highest BCUT2D eigenvalue weighted by molar-refractivity contribution is 5.96. The first-order valence-corrected chi connectivity index (χ1v) is 33.3. The Morgan fingerprint density at radius 2 is 0.340 bits per heavy atom. The minimum Gasteiger partial charge on any atom is -0.208 e. The number of nitrogens with zero attached hydrogens (tertiary/aromatic N) is 3. The van der Waals surface area contributed by atoms with Crippen molar-refractivity contribution in [2.45, 2.75) is 5.41 Å². The molecule has 0 atom stereocenters. The van der Waals surface area contributed by atoms with Crippen LogP contribution in [0, 0.1) is 0 Å². The van der Waals surface area contributed by atoms with Crippen molar-refractivity contribution in [1.29, 1.82) is 0 Å². The first kappa shape index (κ1) is 57.0. The molecule has 97 heavy (non-hydrogen) atoms. The molecule has 0 amide bonds. The molecule has 0 N–H and O–H groups in total. The second kappa shape index (κ2) is 24.0. The number of fused-ring (bicyclic) bond motifs is 10. The van der Waals surface area contributed by atoms with Gasteiger partial charge in [0.25, 0.3) is 0 Å². The van der Waals surface area contributed by atoms with Gasteiger partial charge in [0.1, 0.15) is 0 Å². The van der Waals surface area contributed by atoms with E-state index >= 15 is 0 Å². The smallest absolute Gasteiger partial charge is 0.164 e. The zero-order chi connectivity index (χ0) is 64.2. The summed E-state index contributed by atoms with van der Waals surface area (Å²) in [5, 5.41) is 0. The quantitative estimate of drug-likeness (QED) is 0.122. The third-order valence-corrected chi connectivity index (χ3v) is 19.7. The molecule has 0 saturated heterocycles. The van der Waals surface area contributed by atoms with Gasteiger partial charge >= 0.3 is 0 Å². The van der Waals surface area contributed by atoms with E-state index in [4.69, 9.17) is 15.0 Å². The Bertz CT molecular complexity index is 5650. The highest BCUT2D eigenvalue weighted by atomic mass is 15.0. The standard InChI is InChI=1S/C94H61N3/c1-3-21-62(22-4-1)66-25-13-28-69(53-66)71-30-15-27-68(55-71)64-47-49-65(50-48-64)91-95-92(81-39-19-37-78(59-81)75-34-16-31-72(56-75)70-29-14-26-67(54-70)63-23-5-2-6-24-63)97-93(96-91)82-40-20-38-79(60-82)76-35-17-32-73(57-76)74-33-18-36-77(58-74)80-51-52-86-85-43-9-12-46-89(85)94(90(86)61-80)87-44-10-7-41-83(87)84-42-8-11-45-88(84)94/h1-61H. The van der Waals surface area contributed by atoms with Crippen LogP contribution in [0.15, 0.2) is 370 Å². The van der Waals surface area contributed by atoms with Gasteiger partial charge < -0.3 is 0 Å². The van der Waals surface area contributed by atoms with Crippen LogP contribution in [0.25, 0.3) is 157 Å². The summed E-state index contributed by atoms with van der Waals surface area (Å²) in [5.74, 6) is 1.78. The van der Waals surface area contributed by atoms with Gasteiger partial charge in [-0.25, -0.2) is 15.0 Å². The van der Waals surface area contributed by atoms with E-state index < -0.39 is 5.41 Å². The van der Waals surface area contributed by atoms with Crippen molar-refractivity contribution in [2.75, 3.05) is 0 Å². The molecule has 2 aliphatic carbocycles. The van der Waals surface area contributed by atoms with Gasteiger partial charge in [-0.2, -0.15) is 0 Å². The minimum atomic E-state index is -0.409. The van der Waals surface area contributed by atoms with Crippen molar-refractivity contribution >= 4 is 0 Å². The Kier molecular flexibility index (Phi) is 14.1. The largest absolute Gasteiger partial charge is 0.208 e. The summed E-state index contributed by atoms with van der Waals surface area (Å²) in [7, 11) is 0. The number of benzene rings is 15. The molecule has 18 rings (SSSR count). The van der Waals surface area contributed by atoms with Crippen molar-refractivity contribution in [3.05, 3.63) is 392 Å². The van der Waals surface area contributed by atoms with Crippen LogP contribution in [0.2, 0.25) is 0 Å². The maximum atomic E-state index is 5.36. The van der Waals surface area contributed by atoms with E-state index in [0.717, 1.165) is 77.9 Å². The molecule has 3 nitrogen and oxygen atoms in total. The zero-order valence-corrected chi connectivity index (χ0v) is 53.1. The Morgan fingerprint density at radius 1 is 0.134 bits per heavy atom. The number of hydrogen-bond donors (Lipinski definition) is 0. The summed E-state index contributed by atoms with van der Waals surface area (Å²) in [6.07, 6.45) is 0.